The summed E-state index contributed by atoms with van der Waals surface area (Å²) in [6.45, 7) is 8.11. The van der Waals surface area contributed by atoms with Gasteiger partial charge in [0.2, 0.25) is 0 Å². The summed E-state index contributed by atoms with van der Waals surface area (Å²) in [7, 11) is 0. The minimum Gasteiger partial charge on any atom is -0.352 e. The van der Waals surface area contributed by atoms with Gasteiger partial charge in [-0.1, -0.05) is 6.42 Å². The molecule has 0 bridgehead atoms. The molecule has 1 aliphatic rings. The summed E-state index contributed by atoms with van der Waals surface area (Å²) in [5.41, 5.74) is 0.907. The molecule has 1 aromatic rings. The highest BCUT2D eigenvalue weighted by molar-refractivity contribution is 5.51. The summed E-state index contributed by atoms with van der Waals surface area (Å²) in [4.78, 5) is 17.0. The zero-order valence-corrected chi connectivity index (χ0v) is 13.0. The van der Waals surface area contributed by atoms with Crippen LogP contribution in [0.25, 0.3) is 0 Å². The summed E-state index contributed by atoms with van der Waals surface area (Å²) in [5.74, 6) is 0.850. The van der Waals surface area contributed by atoms with Crippen LogP contribution < -0.4 is 10.2 Å². The van der Waals surface area contributed by atoms with Crippen molar-refractivity contribution in [3.05, 3.63) is 27.9 Å². The van der Waals surface area contributed by atoms with Crippen molar-refractivity contribution in [3.63, 3.8) is 0 Å². The lowest BCUT2D eigenvalue weighted by atomic mass is 10.0. The van der Waals surface area contributed by atoms with Crippen molar-refractivity contribution < 1.29 is 4.92 Å². The smallest absolute Gasteiger partial charge is 0.287 e. The Balaban J connectivity index is 2.19. The second kappa shape index (κ2) is 6.85. The second-order valence-corrected chi connectivity index (χ2v) is 5.98. The molecule has 116 valence electrons. The number of anilines is 1. The molecule has 0 saturated carbocycles. The van der Waals surface area contributed by atoms with Crippen molar-refractivity contribution in [1.29, 1.82) is 0 Å². The standard InChI is InChI=1S/C15H24N4O2/c1-11(2)18(10-13-6-4-5-7-16-13)15-12(3)8-14(9-17-15)19(20)21/h8-9,11,13,16H,4-7,10H2,1-3H3. The first-order valence-electron chi connectivity index (χ1n) is 7.60. The van der Waals surface area contributed by atoms with Crippen LogP contribution >= 0.6 is 0 Å². The van der Waals surface area contributed by atoms with E-state index in [-0.39, 0.29) is 5.69 Å². The molecule has 1 N–H and O–H groups in total. The molecule has 0 aromatic carbocycles. The third kappa shape index (κ3) is 3.91. The number of aromatic nitrogens is 1. The number of pyridine rings is 1. The Morgan fingerprint density at radius 2 is 2.29 bits per heavy atom. The van der Waals surface area contributed by atoms with Gasteiger partial charge in [0, 0.05) is 24.7 Å². The van der Waals surface area contributed by atoms with E-state index in [1.807, 2.05) is 6.92 Å². The maximum Gasteiger partial charge on any atom is 0.287 e. The van der Waals surface area contributed by atoms with Gasteiger partial charge in [-0.25, -0.2) is 4.98 Å². The Morgan fingerprint density at radius 3 is 2.81 bits per heavy atom. The summed E-state index contributed by atoms with van der Waals surface area (Å²) < 4.78 is 0. The molecule has 1 aromatic heterocycles. The third-order valence-corrected chi connectivity index (χ3v) is 3.97. The van der Waals surface area contributed by atoms with Gasteiger partial charge in [0.05, 0.1) is 4.92 Å². The van der Waals surface area contributed by atoms with E-state index in [9.17, 15) is 10.1 Å². The molecule has 6 nitrogen and oxygen atoms in total. The first-order valence-corrected chi connectivity index (χ1v) is 7.60. The van der Waals surface area contributed by atoms with Gasteiger partial charge >= 0.3 is 0 Å². The van der Waals surface area contributed by atoms with Gasteiger partial charge in [0.25, 0.3) is 5.69 Å². The average molecular weight is 292 g/mol. The lowest BCUT2D eigenvalue weighted by molar-refractivity contribution is -0.385. The molecule has 1 aliphatic heterocycles. The van der Waals surface area contributed by atoms with E-state index in [4.69, 9.17) is 0 Å². The predicted molar refractivity (Wildman–Crippen MR) is 83.8 cm³/mol. The Hall–Kier alpha value is -1.69. The van der Waals surface area contributed by atoms with E-state index in [1.54, 1.807) is 6.07 Å². The molecule has 0 radical (unpaired) electrons. The molecular weight excluding hydrogens is 268 g/mol. The molecule has 1 saturated heterocycles. The van der Waals surface area contributed by atoms with Crippen LogP contribution in [-0.2, 0) is 0 Å². The minimum absolute atomic E-state index is 0.0516. The van der Waals surface area contributed by atoms with Crippen LogP contribution in [0.15, 0.2) is 12.3 Å². The largest absolute Gasteiger partial charge is 0.352 e. The summed E-state index contributed by atoms with van der Waals surface area (Å²) >= 11 is 0. The first-order chi connectivity index (χ1) is 9.99. The number of nitrogens with one attached hydrogen (secondary N) is 1. The average Bonchev–Trinajstić information content (AvgIpc) is 2.46. The molecule has 1 fully saturated rings. The van der Waals surface area contributed by atoms with Crippen molar-refractivity contribution in [2.75, 3.05) is 18.0 Å². The van der Waals surface area contributed by atoms with Gasteiger partial charge in [-0.15, -0.1) is 0 Å². The molecule has 1 atom stereocenters. The topological polar surface area (TPSA) is 71.3 Å². The molecule has 0 amide bonds. The van der Waals surface area contributed by atoms with Gasteiger partial charge in [-0.05, 0) is 45.7 Å². The molecule has 6 heteroatoms. The fourth-order valence-electron chi connectivity index (χ4n) is 2.81. The van der Waals surface area contributed by atoms with E-state index in [2.05, 4.69) is 29.0 Å². The van der Waals surface area contributed by atoms with Crippen LogP contribution in [0.1, 0.15) is 38.7 Å². The van der Waals surface area contributed by atoms with Crippen LogP contribution in [0.3, 0.4) is 0 Å². The second-order valence-electron chi connectivity index (χ2n) is 5.98. The van der Waals surface area contributed by atoms with Crippen LogP contribution in [0.5, 0.6) is 0 Å². The fraction of sp³-hybridized carbons (Fsp3) is 0.667. The van der Waals surface area contributed by atoms with Gasteiger partial charge in [0.15, 0.2) is 0 Å². The van der Waals surface area contributed by atoms with Crippen molar-refractivity contribution in [2.24, 2.45) is 0 Å². The first kappa shape index (κ1) is 15.7. The van der Waals surface area contributed by atoms with Crippen molar-refractivity contribution in [2.45, 2.75) is 52.1 Å². The number of nitro groups is 1. The monoisotopic (exact) mass is 292 g/mol. The van der Waals surface area contributed by atoms with Crippen molar-refractivity contribution >= 4 is 11.5 Å². The Bertz CT molecular complexity index is 498. The third-order valence-electron chi connectivity index (χ3n) is 3.97. The number of hydrogen-bond acceptors (Lipinski definition) is 5. The van der Waals surface area contributed by atoms with Crippen molar-refractivity contribution in [1.82, 2.24) is 10.3 Å². The number of aryl methyl sites for hydroxylation is 1. The molecule has 0 spiro atoms. The minimum atomic E-state index is -0.397. The van der Waals surface area contributed by atoms with Gasteiger partial charge < -0.3 is 10.2 Å². The van der Waals surface area contributed by atoms with Crippen LogP contribution in [0.2, 0.25) is 0 Å². The Labute approximate surface area is 125 Å². The van der Waals surface area contributed by atoms with Gasteiger partial charge in [-0.2, -0.15) is 0 Å². The van der Waals surface area contributed by atoms with Gasteiger partial charge in [-0.3, -0.25) is 10.1 Å². The fourth-order valence-corrected chi connectivity index (χ4v) is 2.81. The number of rotatable bonds is 5. The Kier molecular flexibility index (Phi) is 5.12. The SMILES string of the molecule is Cc1cc([N+](=O)[O-])cnc1N(CC1CCCCN1)C(C)C. The van der Waals surface area contributed by atoms with Crippen molar-refractivity contribution in [3.8, 4) is 0 Å². The zero-order valence-electron chi connectivity index (χ0n) is 13.0. The number of piperidine rings is 1. The van der Waals surface area contributed by atoms with Crippen LogP contribution in [0.4, 0.5) is 11.5 Å². The molecule has 2 heterocycles. The zero-order chi connectivity index (χ0) is 15.4. The van der Waals surface area contributed by atoms with Crippen LogP contribution in [0, 0.1) is 17.0 Å². The molecule has 2 rings (SSSR count). The van der Waals surface area contributed by atoms with E-state index in [0.29, 0.717) is 12.1 Å². The molecule has 21 heavy (non-hydrogen) atoms. The molecule has 0 aliphatic carbocycles. The van der Waals surface area contributed by atoms with E-state index < -0.39 is 4.92 Å². The lowest BCUT2D eigenvalue weighted by Gasteiger charge is -2.34. The maximum absolute atomic E-state index is 10.8. The maximum atomic E-state index is 10.8. The normalized spacial score (nSPS) is 18.8. The predicted octanol–water partition coefficient (Wildman–Crippen LogP) is 2.66. The number of hydrogen-bond donors (Lipinski definition) is 1. The highest BCUT2D eigenvalue weighted by Gasteiger charge is 2.22. The summed E-state index contributed by atoms with van der Waals surface area (Å²) in [6.07, 6.45) is 5.03. The highest BCUT2D eigenvalue weighted by atomic mass is 16.6. The van der Waals surface area contributed by atoms with Gasteiger partial charge in [0.1, 0.15) is 12.0 Å². The Morgan fingerprint density at radius 1 is 1.52 bits per heavy atom. The highest BCUT2D eigenvalue weighted by Crippen LogP contribution is 2.24. The van der Waals surface area contributed by atoms with E-state index >= 15 is 0 Å². The summed E-state index contributed by atoms with van der Waals surface area (Å²) in [6, 6.07) is 2.38. The molecule has 1 unspecified atom stereocenters. The van der Waals surface area contributed by atoms with E-state index in [1.165, 1.54) is 25.5 Å². The quantitative estimate of drug-likeness (QED) is 0.667. The number of nitrogens with zero attached hydrogens (tertiary/aromatic N) is 3. The lowest BCUT2D eigenvalue weighted by Crippen LogP contribution is -2.46. The van der Waals surface area contributed by atoms with E-state index in [0.717, 1.165) is 24.5 Å². The summed E-state index contributed by atoms with van der Waals surface area (Å²) in [5, 5.41) is 14.4. The molecular formula is C15H24N4O2. The van der Waals surface area contributed by atoms with Crippen LogP contribution in [-0.4, -0.2) is 35.1 Å².